The molecule has 14 heavy (non-hydrogen) atoms. The molecule has 1 aromatic carbocycles. The molecule has 4 nitrogen and oxygen atoms in total. The molecule has 0 aromatic heterocycles. The van der Waals surface area contributed by atoms with E-state index in [2.05, 4.69) is 0 Å². The van der Waals surface area contributed by atoms with Gasteiger partial charge in [0, 0.05) is 5.56 Å². The molecule has 0 saturated carbocycles. The third kappa shape index (κ3) is 2.47. The third-order valence-electron chi connectivity index (χ3n) is 1.80. The molecule has 0 aliphatic heterocycles. The number of aryl methyl sites for hydroxylation is 1. The molecule has 4 heteroatoms. The van der Waals surface area contributed by atoms with E-state index in [1.54, 1.807) is 25.1 Å². The minimum Gasteiger partial charge on any atom is -0.481 e. The van der Waals surface area contributed by atoms with Gasteiger partial charge in [-0.05, 0) is 12.5 Å². The lowest BCUT2D eigenvalue weighted by Gasteiger charge is -2.10. The molecule has 0 saturated heterocycles. The highest BCUT2D eigenvalue weighted by Crippen LogP contribution is 2.23. The number of para-hydroxylation sites is 1. The van der Waals surface area contributed by atoms with Crippen LogP contribution in [0.3, 0.4) is 0 Å². The number of hydrogen-bond acceptors (Lipinski definition) is 3. The summed E-state index contributed by atoms with van der Waals surface area (Å²) in [5, 5.41) is 17.4. The van der Waals surface area contributed by atoms with E-state index in [-0.39, 0.29) is 6.61 Å². The summed E-state index contributed by atoms with van der Waals surface area (Å²) in [7, 11) is 0. The van der Waals surface area contributed by atoms with Gasteiger partial charge in [-0.25, -0.2) is 4.79 Å². The van der Waals surface area contributed by atoms with Crippen molar-refractivity contribution in [2.24, 2.45) is 0 Å². The Morgan fingerprint density at radius 2 is 2.21 bits per heavy atom. The van der Waals surface area contributed by atoms with Crippen LogP contribution in [0.25, 0.3) is 0 Å². The standard InChI is InChI=1S/C10H12O4/c1-7-3-2-4-8(5-11)10(7)14-6-9(12)13/h2-4,11H,5-6H2,1H3,(H,12,13). The average molecular weight is 196 g/mol. The Morgan fingerprint density at radius 1 is 1.50 bits per heavy atom. The Balaban J connectivity index is 2.87. The Morgan fingerprint density at radius 3 is 2.79 bits per heavy atom. The first-order valence-electron chi connectivity index (χ1n) is 4.19. The zero-order valence-corrected chi connectivity index (χ0v) is 7.86. The molecule has 0 aliphatic rings. The highest BCUT2D eigenvalue weighted by Gasteiger charge is 2.07. The van der Waals surface area contributed by atoms with Crippen LogP contribution in [0.4, 0.5) is 0 Å². The van der Waals surface area contributed by atoms with Crippen molar-refractivity contribution in [3.05, 3.63) is 29.3 Å². The minimum absolute atomic E-state index is 0.156. The smallest absolute Gasteiger partial charge is 0.341 e. The van der Waals surface area contributed by atoms with E-state index in [1.807, 2.05) is 0 Å². The Labute approximate surface area is 81.8 Å². The van der Waals surface area contributed by atoms with Crippen molar-refractivity contribution >= 4 is 5.97 Å². The van der Waals surface area contributed by atoms with Gasteiger partial charge in [-0.1, -0.05) is 18.2 Å². The van der Waals surface area contributed by atoms with Gasteiger partial charge in [0.2, 0.25) is 0 Å². The molecule has 0 amide bonds. The fraction of sp³-hybridized carbons (Fsp3) is 0.300. The maximum atomic E-state index is 10.3. The summed E-state index contributed by atoms with van der Waals surface area (Å²) in [5.41, 5.74) is 1.42. The highest BCUT2D eigenvalue weighted by molar-refractivity contribution is 5.68. The number of benzene rings is 1. The van der Waals surface area contributed by atoms with E-state index in [0.717, 1.165) is 5.56 Å². The lowest BCUT2D eigenvalue weighted by Crippen LogP contribution is -2.11. The van der Waals surface area contributed by atoms with E-state index < -0.39 is 12.6 Å². The maximum Gasteiger partial charge on any atom is 0.341 e. The molecule has 1 aromatic rings. The highest BCUT2D eigenvalue weighted by atomic mass is 16.5. The van der Waals surface area contributed by atoms with Gasteiger partial charge in [-0.3, -0.25) is 0 Å². The molecule has 0 unspecified atom stereocenters. The number of aliphatic hydroxyl groups excluding tert-OH is 1. The second-order valence-corrected chi connectivity index (χ2v) is 2.90. The van der Waals surface area contributed by atoms with Crippen LogP contribution in [-0.4, -0.2) is 22.8 Å². The first-order valence-corrected chi connectivity index (χ1v) is 4.19. The number of rotatable bonds is 4. The Hall–Kier alpha value is -1.55. The molecule has 76 valence electrons. The molecule has 0 bridgehead atoms. The molecule has 0 aliphatic carbocycles. The monoisotopic (exact) mass is 196 g/mol. The molecule has 0 fully saturated rings. The van der Waals surface area contributed by atoms with Crippen LogP contribution < -0.4 is 4.74 Å². The summed E-state index contributed by atoms with van der Waals surface area (Å²) in [6.45, 7) is 1.25. The van der Waals surface area contributed by atoms with Crippen molar-refractivity contribution in [3.63, 3.8) is 0 Å². The summed E-state index contributed by atoms with van der Waals surface area (Å²) in [5.74, 6) is -0.574. The van der Waals surface area contributed by atoms with E-state index in [0.29, 0.717) is 11.3 Å². The fourth-order valence-electron chi connectivity index (χ4n) is 1.18. The molecule has 0 heterocycles. The zero-order chi connectivity index (χ0) is 10.6. The number of hydrogen-bond donors (Lipinski definition) is 2. The van der Waals surface area contributed by atoms with Crippen molar-refractivity contribution < 1.29 is 19.7 Å². The van der Waals surface area contributed by atoms with Crippen LogP contribution in [0.2, 0.25) is 0 Å². The predicted molar refractivity (Wildman–Crippen MR) is 50.2 cm³/mol. The van der Waals surface area contributed by atoms with E-state index >= 15 is 0 Å². The maximum absolute atomic E-state index is 10.3. The summed E-state index contributed by atoms with van der Waals surface area (Å²) < 4.78 is 5.06. The van der Waals surface area contributed by atoms with Gasteiger partial charge in [0.25, 0.3) is 0 Å². The molecule has 0 atom stereocenters. The zero-order valence-electron chi connectivity index (χ0n) is 7.86. The first-order chi connectivity index (χ1) is 6.65. The van der Waals surface area contributed by atoms with Crippen molar-refractivity contribution in [1.29, 1.82) is 0 Å². The topological polar surface area (TPSA) is 66.8 Å². The van der Waals surface area contributed by atoms with Crippen molar-refractivity contribution in [3.8, 4) is 5.75 Å². The van der Waals surface area contributed by atoms with Gasteiger partial charge in [-0.2, -0.15) is 0 Å². The number of aliphatic carboxylic acids is 1. The largest absolute Gasteiger partial charge is 0.481 e. The van der Waals surface area contributed by atoms with Gasteiger partial charge >= 0.3 is 5.97 Å². The first kappa shape index (κ1) is 10.5. The van der Waals surface area contributed by atoms with Gasteiger partial charge < -0.3 is 14.9 Å². The van der Waals surface area contributed by atoms with E-state index in [4.69, 9.17) is 14.9 Å². The summed E-state index contributed by atoms with van der Waals surface area (Å²) in [6, 6.07) is 5.29. The molecular formula is C10H12O4. The van der Waals surface area contributed by atoms with Crippen LogP contribution >= 0.6 is 0 Å². The second kappa shape index (κ2) is 4.62. The minimum atomic E-state index is -1.03. The van der Waals surface area contributed by atoms with Crippen LogP contribution in [0.1, 0.15) is 11.1 Å². The average Bonchev–Trinajstić information content (AvgIpc) is 2.15. The van der Waals surface area contributed by atoms with Crippen molar-refractivity contribution in [2.45, 2.75) is 13.5 Å². The van der Waals surface area contributed by atoms with E-state index in [9.17, 15) is 4.79 Å². The van der Waals surface area contributed by atoms with Gasteiger partial charge in [0.1, 0.15) is 5.75 Å². The summed E-state index contributed by atoms with van der Waals surface area (Å²) in [4.78, 5) is 10.3. The number of carbonyl (C=O) groups is 1. The molecule has 0 spiro atoms. The number of ether oxygens (including phenoxy) is 1. The van der Waals surface area contributed by atoms with E-state index in [1.165, 1.54) is 0 Å². The fourth-order valence-corrected chi connectivity index (χ4v) is 1.18. The number of carboxylic acids is 1. The van der Waals surface area contributed by atoms with Crippen molar-refractivity contribution in [2.75, 3.05) is 6.61 Å². The SMILES string of the molecule is Cc1cccc(CO)c1OCC(=O)O. The van der Waals surface area contributed by atoms with Crippen LogP contribution in [0.15, 0.2) is 18.2 Å². The van der Waals surface area contributed by atoms with Gasteiger partial charge in [-0.15, -0.1) is 0 Å². The number of carboxylic acid groups (broad SMARTS) is 1. The quantitative estimate of drug-likeness (QED) is 0.752. The Kier molecular flexibility index (Phi) is 3.48. The molecule has 1 rings (SSSR count). The normalized spacial score (nSPS) is 9.86. The van der Waals surface area contributed by atoms with Crippen molar-refractivity contribution in [1.82, 2.24) is 0 Å². The predicted octanol–water partition coefficient (Wildman–Crippen LogP) is 0.951. The van der Waals surface area contributed by atoms with Crippen LogP contribution in [0.5, 0.6) is 5.75 Å². The summed E-state index contributed by atoms with van der Waals surface area (Å²) in [6.07, 6.45) is 0. The molecule has 2 N–H and O–H groups in total. The van der Waals surface area contributed by atoms with Gasteiger partial charge in [0.15, 0.2) is 6.61 Å². The molecule has 0 radical (unpaired) electrons. The summed E-state index contributed by atoms with van der Waals surface area (Å²) >= 11 is 0. The lowest BCUT2D eigenvalue weighted by molar-refractivity contribution is -0.139. The second-order valence-electron chi connectivity index (χ2n) is 2.90. The lowest BCUT2D eigenvalue weighted by atomic mass is 10.1. The molecular weight excluding hydrogens is 184 g/mol. The third-order valence-corrected chi connectivity index (χ3v) is 1.80. The van der Waals surface area contributed by atoms with Crippen LogP contribution in [0, 0.1) is 6.92 Å². The van der Waals surface area contributed by atoms with Crippen LogP contribution in [-0.2, 0) is 11.4 Å². The van der Waals surface area contributed by atoms with Gasteiger partial charge in [0.05, 0.1) is 6.61 Å². The Bertz CT molecular complexity index is 333. The number of aliphatic hydroxyl groups is 1.